The molecule has 7 nitrogen and oxygen atoms in total. The van der Waals surface area contributed by atoms with Crippen LogP contribution < -0.4 is 10.2 Å². The molecular formula is C21H21FN6O. The van der Waals surface area contributed by atoms with Crippen molar-refractivity contribution in [2.75, 3.05) is 36.4 Å². The lowest BCUT2D eigenvalue weighted by Gasteiger charge is -2.35. The van der Waals surface area contributed by atoms with Crippen LogP contribution in [0.3, 0.4) is 0 Å². The van der Waals surface area contributed by atoms with E-state index in [0.717, 1.165) is 17.2 Å². The van der Waals surface area contributed by atoms with E-state index in [2.05, 4.69) is 25.2 Å². The second-order valence-corrected chi connectivity index (χ2v) is 6.89. The lowest BCUT2D eigenvalue weighted by atomic mass is 10.1. The van der Waals surface area contributed by atoms with E-state index in [1.807, 2.05) is 25.1 Å². The molecule has 1 amide bonds. The Morgan fingerprint density at radius 3 is 2.55 bits per heavy atom. The zero-order valence-corrected chi connectivity index (χ0v) is 16.0. The van der Waals surface area contributed by atoms with Crippen molar-refractivity contribution in [3.8, 4) is 0 Å². The van der Waals surface area contributed by atoms with Crippen LogP contribution in [-0.2, 0) is 0 Å². The first-order chi connectivity index (χ1) is 14.1. The van der Waals surface area contributed by atoms with Gasteiger partial charge in [0.05, 0.1) is 0 Å². The Morgan fingerprint density at radius 1 is 1.00 bits per heavy atom. The number of piperazine rings is 1. The molecule has 29 heavy (non-hydrogen) atoms. The van der Waals surface area contributed by atoms with E-state index in [9.17, 15) is 9.18 Å². The van der Waals surface area contributed by atoms with Crippen LogP contribution in [-0.4, -0.2) is 51.9 Å². The second-order valence-electron chi connectivity index (χ2n) is 6.89. The van der Waals surface area contributed by atoms with E-state index < -0.39 is 5.82 Å². The number of carbonyl (C=O) groups is 1. The Balaban J connectivity index is 1.40. The molecule has 1 aliphatic rings. The van der Waals surface area contributed by atoms with Gasteiger partial charge in [0, 0.05) is 44.0 Å². The molecule has 0 atom stereocenters. The molecular weight excluding hydrogens is 371 g/mol. The fraction of sp³-hybridized carbons (Fsp3) is 0.238. The number of nitrogens with zero attached hydrogens (tertiary/aromatic N) is 5. The summed E-state index contributed by atoms with van der Waals surface area (Å²) in [6, 6.07) is 11.5. The summed E-state index contributed by atoms with van der Waals surface area (Å²) >= 11 is 0. The normalized spacial score (nSPS) is 14.0. The lowest BCUT2D eigenvalue weighted by molar-refractivity contribution is 0.0746. The number of amides is 1. The minimum absolute atomic E-state index is 0.153. The fourth-order valence-corrected chi connectivity index (χ4v) is 3.27. The lowest BCUT2D eigenvalue weighted by Crippen LogP contribution is -2.49. The third-order valence-corrected chi connectivity index (χ3v) is 4.79. The van der Waals surface area contributed by atoms with Gasteiger partial charge in [-0.1, -0.05) is 6.07 Å². The SMILES string of the molecule is Cc1ccnc(Nc2cc(N3CCN(C(=O)c4cccc(F)c4)CC3)ncn2)c1. The largest absolute Gasteiger partial charge is 0.353 e. The summed E-state index contributed by atoms with van der Waals surface area (Å²) in [5, 5.41) is 3.19. The van der Waals surface area contributed by atoms with Crippen LogP contribution in [0.2, 0.25) is 0 Å². The van der Waals surface area contributed by atoms with Crippen LogP contribution in [0.5, 0.6) is 0 Å². The Labute approximate surface area is 168 Å². The number of aromatic nitrogens is 3. The van der Waals surface area contributed by atoms with Gasteiger partial charge in [0.1, 0.15) is 29.6 Å². The van der Waals surface area contributed by atoms with Gasteiger partial charge in [-0.05, 0) is 42.8 Å². The fourth-order valence-electron chi connectivity index (χ4n) is 3.27. The van der Waals surface area contributed by atoms with Gasteiger partial charge in [-0.3, -0.25) is 4.79 Å². The second kappa shape index (κ2) is 8.22. The van der Waals surface area contributed by atoms with Crippen molar-refractivity contribution in [2.45, 2.75) is 6.92 Å². The van der Waals surface area contributed by atoms with Gasteiger partial charge < -0.3 is 15.1 Å². The molecule has 3 heterocycles. The van der Waals surface area contributed by atoms with Crippen molar-refractivity contribution < 1.29 is 9.18 Å². The van der Waals surface area contributed by atoms with Crippen molar-refractivity contribution in [2.24, 2.45) is 0 Å². The van der Waals surface area contributed by atoms with E-state index in [0.29, 0.717) is 37.6 Å². The number of hydrogen-bond acceptors (Lipinski definition) is 6. The van der Waals surface area contributed by atoms with E-state index in [-0.39, 0.29) is 5.91 Å². The van der Waals surface area contributed by atoms with Crippen molar-refractivity contribution >= 4 is 23.4 Å². The molecule has 4 rings (SSSR count). The Bertz CT molecular complexity index is 1020. The highest BCUT2D eigenvalue weighted by molar-refractivity contribution is 5.94. The number of hydrogen-bond donors (Lipinski definition) is 1. The first-order valence-electron chi connectivity index (χ1n) is 9.40. The van der Waals surface area contributed by atoms with E-state index in [4.69, 9.17) is 0 Å². The Hall–Kier alpha value is -3.55. The monoisotopic (exact) mass is 392 g/mol. The number of carbonyl (C=O) groups excluding carboxylic acids is 1. The third kappa shape index (κ3) is 4.48. The molecule has 1 N–H and O–H groups in total. The predicted octanol–water partition coefficient (Wildman–Crippen LogP) is 3.03. The smallest absolute Gasteiger partial charge is 0.254 e. The summed E-state index contributed by atoms with van der Waals surface area (Å²) in [6.45, 7) is 4.37. The van der Waals surface area contributed by atoms with Gasteiger partial charge in [-0.2, -0.15) is 0 Å². The summed E-state index contributed by atoms with van der Waals surface area (Å²) in [6.07, 6.45) is 3.26. The van der Waals surface area contributed by atoms with Crippen LogP contribution in [0.15, 0.2) is 55.0 Å². The molecule has 8 heteroatoms. The van der Waals surface area contributed by atoms with Crippen LogP contribution in [0, 0.1) is 12.7 Å². The Morgan fingerprint density at radius 2 is 1.79 bits per heavy atom. The number of anilines is 3. The minimum atomic E-state index is -0.404. The zero-order chi connectivity index (χ0) is 20.2. The summed E-state index contributed by atoms with van der Waals surface area (Å²) in [5.74, 6) is 1.61. The standard InChI is InChI=1S/C21H21FN6O/c1-15-5-6-23-18(11-15)26-19-13-20(25-14-24-19)27-7-9-28(10-8-27)21(29)16-3-2-4-17(22)12-16/h2-6,11-14H,7-10H2,1H3,(H,23,24,25,26). The van der Waals surface area contributed by atoms with Crippen LogP contribution in [0.25, 0.3) is 0 Å². The Kier molecular flexibility index (Phi) is 5.33. The maximum atomic E-state index is 13.4. The van der Waals surface area contributed by atoms with E-state index >= 15 is 0 Å². The summed E-state index contributed by atoms with van der Waals surface area (Å²) < 4.78 is 13.4. The number of pyridine rings is 1. The molecule has 148 valence electrons. The minimum Gasteiger partial charge on any atom is -0.353 e. The third-order valence-electron chi connectivity index (χ3n) is 4.79. The predicted molar refractivity (Wildman–Crippen MR) is 109 cm³/mol. The van der Waals surface area contributed by atoms with Gasteiger partial charge in [0.15, 0.2) is 0 Å². The quantitative estimate of drug-likeness (QED) is 0.736. The molecule has 0 aliphatic carbocycles. The molecule has 0 bridgehead atoms. The molecule has 0 spiro atoms. The zero-order valence-electron chi connectivity index (χ0n) is 16.0. The molecule has 0 saturated carbocycles. The van der Waals surface area contributed by atoms with Crippen LogP contribution >= 0.6 is 0 Å². The van der Waals surface area contributed by atoms with Gasteiger partial charge in [0.2, 0.25) is 0 Å². The van der Waals surface area contributed by atoms with Crippen molar-refractivity contribution in [1.29, 1.82) is 0 Å². The number of halogens is 1. The highest BCUT2D eigenvalue weighted by Crippen LogP contribution is 2.20. The highest BCUT2D eigenvalue weighted by Gasteiger charge is 2.23. The molecule has 3 aromatic rings. The average molecular weight is 392 g/mol. The van der Waals surface area contributed by atoms with Crippen molar-refractivity contribution in [1.82, 2.24) is 19.9 Å². The topological polar surface area (TPSA) is 74.2 Å². The number of rotatable bonds is 4. The highest BCUT2D eigenvalue weighted by atomic mass is 19.1. The van der Waals surface area contributed by atoms with Crippen molar-refractivity contribution in [3.63, 3.8) is 0 Å². The van der Waals surface area contributed by atoms with E-state index in [1.54, 1.807) is 23.2 Å². The van der Waals surface area contributed by atoms with Gasteiger partial charge in [0.25, 0.3) is 5.91 Å². The first-order valence-corrected chi connectivity index (χ1v) is 9.40. The molecule has 1 saturated heterocycles. The van der Waals surface area contributed by atoms with Gasteiger partial charge >= 0.3 is 0 Å². The maximum absolute atomic E-state index is 13.4. The van der Waals surface area contributed by atoms with Crippen LogP contribution in [0.4, 0.5) is 21.8 Å². The number of benzene rings is 1. The summed E-state index contributed by atoms with van der Waals surface area (Å²) in [4.78, 5) is 29.3. The number of nitrogens with one attached hydrogen (secondary N) is 1. The van der Waals surface area contributed by atoms with Gasteiger partial charge in [-0.25, -0.2) is 19.3 Å². The summed E-state index contributed by atoms with van der Waals surface area (Å²) in [5.41, 5.74) is 1.48. The molecule has 1 aromatic carbocycles. The summed E-state index contributed by atoms with van der Waals surface area (Å²) in [7, 11) is 0. The maximum Gasteiger partial charge on any atom is 0.254 e. The molecule has 0 unspecified atom stereocenters. The number of aryl methyl sites for hydroxylation is 1. The first kappa shape index (κ1) is 18.8. The van der Waals surface area contributed by atoms with Crippen LogP contribution in [0.1, 0.15) is 15.9 Å². The molecule has 1 aliphatic heterocycles. The van der Waals surface area contributed by atoms with Crippen molar-refractivity contribution in [3.05, 3.63) is 71.9 Å². The molecule has 1 fully saturated rings. The molecule has 2 aromatic heterocycles. The average Bonchev–Trinajstić information content (AvgIpc) is 2.74. The molecule has 0 radical (unpaired) electrons. The van der Waals surface area contributed by atoms with Gasteiger partial charge in [-0.15, -0.1) is 0 Å². The van der Waals surface area contributed by atoms with E-state index in [1.165, 1.54) is 18.5 Å².